The van der Waals surface area contributed by atoms with Gasteiger partial charge >= 0.3 is 5.97 Å². The molecule has 0 amide bonds. The summed E-state index contributed by atoms with van der Waals surface area (Å²) in [6, 6.07) is 12.2. The van der Waals surface area contributed by atoms with Crippen molar-refractivity contribution in [3.05, 3.63) is 64.2 Å². The number of halogens is 1. The average Bonchev–Trinajstić information content (AvgIpc) is 2.69. The Morgan fingerprint density at radius 3 is 2.39 bits per heavy atom. The summed E-state index contributed by atoms with van der Waals surface area (Å²) in [5, 5.41) is 0.490. The number of sulfonamides is 1. The summed E-state index contributed by atoms with van der Waals surface area (Å²) in [5.74, 6) is -0.536. The van der Waals surface area contributed by atoms with E-state index < -0.39 is 10.0 Å². The molecule has 0 bridgehead atoms. The lowest BCUT2D eigenvalue weighted by Gasteiger charge is -2.30. The van der Waals surface area contributed by atoms with Gasteiger partial charge in [0.2, 0.25) is 10.0 Å². The van der Waals surface area contributed by atoms with Crippen molar-refractivity contribution in [2.24, 2.45) is 5.92 Å². The molecule has 1 aliphatic rings. The zero-order chi connectivity index (χ0) is 20.3. The Labute approximate surface area is 171 Å². The van der Waals surface area contributed by atoms with E-state index >= 15 is 0 Å². The molecule has 7 heteroatoms. The largest absolute Gasteiger partial charge is 0.461 e. The van der Waals surface area contributed by atoms with Gasteiger partial charge in [0.1, 0.15) is 6.61 Å². The molecule has 0 N–H and O–H groups in total. The van der Waals surface area contributed by atoms with Gasteiger partial charge in [-0.1, -0.05) is 35.4 Å². The number of ether oxygens (including phenoxy) is 1. The average molecular weight is 422 g/mol. The fraction of sp³-hybridized carbons (Fsp3) is 0.381. The van der Waals surface area contributed by atoms with Gasteiger partial charge in [-0.05, 0) is 62.1 Å². The van der Waals surface area contributed by atoms with Crippen molar-refractivity contribution >= 4 is 27.6 Å². The van der Waals surface area contributed by atoms with Crippen molar-refractivity contribution in [1.29, 1.82) is 0 Å². The molecular weight excluding hydrogens is 398 g/mol. The second-order valence-corrected chi connectivity index (χ2v) is 9.54. The highest BCUT2D eigenvalue weighted by atomic mass is 35.5. The van der Waals surface area contributed by atoms with Crippen LogP contribution in [0.4, 0.5) is 0 Å². The topological polar surface area (TPSA) is 63.7 Å². The molecule has 0 saturated carbocycles. The first kappa shape index (κ1) is 20.8. The van der Waals surface area contributed by atoms with Gasteiger partial charge < -0.3 is 4.74 Å². The number of piperidine rings is 1. The molecule has 0 aromatic heterocycles. The van der Waals surface area contributed by atoms with Crippen LogP contribution in [0.3, 0.4) is 0 Å². The zero-order valence-corrected chi connectivity index (χ0v) is 17.6. The van der Waals surface area contributed by atoms with E-state index in [1.54, 1.807) is 12.1 Å². The standard InChI is InChI=1S/C21H24ClNO4S/c1-15-3-4-16(2)18(13-15)14-27-21(24)17-9-11-23(12-10-17)28(25,26)20-7-5-19(22)6-8-20/h3-8,13,17H,9-12,14H2,1-2H3. The molecule has 0 aliphatic carbocycles. The van der Waals surface area contributed by atoms with Crippen molar-refractivity contribution in [2.75, 3.05) is 13.1 Å². The summed E-state index contributed by atoms with van der Waals surface area (Å²) in [6.45, 7) is 4.84. The summed E-state index contributed by atoms with van der Waals surface area (Å²) in [6.07, 6.45) is 0.914. The van der Waals surface area contributed by atoms with Gasteiger partial charge in [-0.2, -0.15) is 4.31 Å². The van der Waals surface area contributed by atoms with Crippen molar-refractivity contribution < 1.29 is 17.9 Å². The fourth-order valence-electron chi connectivity index (χ4n) is 3.31. The lowest BCUT2D eigenvalue weighted by atomic mass is 9.98. The van der Waals surface area contributed by atoms with E-state index in [-0.39, 0.29) is 23.4 Å². The molecular formula is C21H24ClNO4S. The number of aryl methyl sites for hydroxylation is 2. The van der Waals surface area contributed by atoms with Gasteiger partial charge in [-0.25, -0.2) is 8.42 Å². The molecule has 0 radical (unpaired) electrons. The third-order valence-electron chi connectivity index (χ3n) is 5.11. The Hall–Kier alpha value is -1.89. The first-order valence-electron chi connectivity index (χ1n) is 9.26. The summed E-state index contributed by atoms with van der Waals surface area (Å²) in [4.78, 5) is 12.6. The Morgan fingerprint density at radius 2 is 1.75 bits per heavy atom. The second-order valence-electron chi connectivity index (χ2n) is 7.17. The molecule has 28 heavy (non-hydrogen) atoms. The highest BCUT2D eigenvalue weighted by molar-refractivity contribution is 7.89. The minimum Gasteiger partial charge on any atom is -0.461 e. The van der Waals surface area contributed by atoms with Crippen LogP contribution in [0.2, 0.25) is 5.02 Å². The number of esters is 1. The van der Waals surface area contributed by atoms with E-state index in [0.29, 0.717) is 31.0 Å². The van der Waals surface area contributed by atoms with Gasteiger partial charge in [-0.3, -0.25) is 4.79 Å². The second kappa shape index (κ2) is 8.64. The normalized spacial score (nSPS) is 16.1. The van der Waals surface area contributed by atoms with E-state index in [4.69, 9.17) is 16.3 Å². The molecule has 0 atom stereocenters. The molecule has 1 heterocycles. The van der Waals surface area contributed by atoms with Crippen molar-refractivity contribution in [3.8, 4) is 0 Å². The maximum absolute atomic E-state index is 12.7. The molecule has 1 aliphatic heterocycles. The SMILES string of the molecule is Cc1ccc(C)c(COC(=O)C2CCN(S(=O)(=O)c3ccc(Cl)cc3)CC2)c1. The molecule has 5 nitrogen and oxygen atoms in total. The van der Waals surface area contributed by atoms with Gasteiger partial charge in [0.25, 0.3) is 0 Å². The van der Waals surface area contributed by atoms with Gasteiger partial charge in [0, 0.05) is 18.1 Å². The monoisotopic (exact) mass is 421 g/mol. The van der Waals surface area contributed by atoms with Crippen LogP contribution in [0.25, 0.3) is 0 Å². The highest BCUT2D eigenvalue weighted by Gasteiger charge is 2.32. The van der Waals surface area contributed by atoms with Crippen molar-refractivity contribution in [1.82, 2.24) is 4.31 Å². The van der Waals surface area contributed by atoms with E-state index in [0.717, 1.165) is 16.7 Å². The molecule has 0 spiro atoms. The smallest absolute Gasteiger partial charge is 0.309 e. The third-order valence-corrected chi connectivity index (χ3v) is 7.28. The van der Waals surface area contributed by atoms with Gasteiger partial charge in [-0.15, -0.1) is 0 Å². The summed E-state index contributed by atoms with van der Waals surface area (Å²) in [7, 11) is -3.57. The van der Waals surface area contributed by atoms with E-state index in [9.17, 15) is 13.2 Å². The predicted octanol–water partition coefficient (Wildman–Crippen LogP) is 4.10. The number of hydrogen-bond acceptors (Lipinski definition) is 4. The van der Waals surface area contributed by atoms with Crippen LogP contribution in [-0.2, 0) is 26.2 Å². The van der Waals surface area contributed by atoms with E-state index in [2.05, 4.69) is 0 Å². The molecule has 3 rings (SSSR count). The van der Waals surface area contributed by atoms with Crippen LogP contribution in [0.5, 0.6) is 0 Å². The number of nitrogens with zero attached hydrogens (tertiary/aromatic N) is 1. The van der Waals surface area contributed by atoms with Crippen LogP contribution in [0.1, 0.15) is 29.5 Å². The van der Waals surface area contributed by atoms with Crippen molar-refractivity contribution in [3.63, 3.8) is 0 Å². The Balaban J connectivity index is 1.56. The highest BCUT2D eigenvalue weighted by Crippen LogP contribution is 2.26. The minimum absolute atomic E-state index is 0.216. The predicted molar refractivity (Wildman–Crippen MR) is 109 cm³/mol. The molecule has 2 aromatic rings. The first-order valence-corrected chi connectivity index (χ1v) is 11.1. The molecule has 1 saturated heterocycles. The zero-order valence-electron chi connectivity index (χ0n) is 16.0. The summed E-state index contributed by atoms with van der Waals surface area (Å²) < 4.78 is 32.4. The van der Waals surface area contributed by atoms with Crippen LogP contribution in [0, 0.1) is 19.8 Å². The number of carbonyl (C=O) groups is 1. The maximum Gasteiger partial charge on any atom is 0.309 e. The summed E-state index contributed by atoms with van der Waals surface area (Å²) >= 11 is 5.83. The Morgan fingerprint density at radius 1 is 1.11 bits per heavy atom. The van der Waals surface area contributed by atoms with E-state index in [1.807, 2.05) is 32.0 Å². The van der Waals surface area contributed by atoms with E-state index in [1.165, 1.54) is 16.4 Å². The maximum atomic E-state index is 12.7. The first-order chi connectivity index (χ1) is 13.3. The molecule has 150 valence electrons. The van der Waals surface area contributed by atoms with Gasteiger partial charge in [0.15, 0.2) is 0 Å². The number of hydrogen-bond donors (Lipinski definition) is 0. The quantitative estimate of drug-likeness (QED) is 0.682. The molecule has 1 fully saturated rings. The third kappa shape index (κ3) is 4.74. The number of rotatable bonds is 5. The molecule has 2 aromatic carbocycles. The van der Waals surface area contributed by atoms with Crippen LogP contribution < -0.4 is 0 Å². The fourth-order valence-corrected chi connectivity index (χ4v) is 4.91. The van der Waals surface area contributed by atoms with Crippen LogP contribution >= 0.6 is 11.6 Å². The van der Waals surface area contributed by atoms with Crippen LogP contribution in [0.15, 0.2) is 47.4 Å². The lowest BCUT2D eigenvalue weighted by molar-refractivity contribution is -0.151. The minimum atomic E-state index is -3.57. The molecule has 0 unspecified atom stereocenters. The number of benzene rings is 2. The summed E-state index contributed by atoms with van der Waals surface area (Å²) in [5.41, 5.74) is 3.20. The number of carbonyl (C=O) groups excluding carboxylic acids is 1. The van der Waals surface area contributed by atoms with Crippen LogP contribution in [-0.4, -0.2) is 31.8 Å². The Bertz CT molecular complexity index is 949. The van der Waals surface area contributed by atoms with Crippen molar-refractivity contribution in [2.45, 2.75) is 38.2 Å². The van der Waals surface area contributed by atoms with Gasteiger partial charge in [0.05, 0.1) is 10.8 Å². The lowest BCUT2D eigenvalue weighted by Crippen LogP contribution is -2.40. The Kier molecular flexibility index (Phi) is 6.43.